The average Bonchev–Trinajstić information content (AvgIpc) is 3.38. The number of likely N-dealkylation sites (tertiary alicyclic amines) is 1. The van der Waals surface area contributed by atoms with Crippen LogP contribution in [0.3, 0.4) is 0 Å². The number of nitrogens with one attached hydrogen (secondary N) is 1. The molecule has 0 saturated carbocycles. The Labute approximate surface area is 149 Å². The highest BCUT2D eigenvalue weighted by atomic mass is 32.1. The van der Waals surface area contributed by atoms with Crippen molar-refractivity contribution in [1.29, 1.82) is 0 Å². The van der Waals surface area contributed by atoms with Crippen LogP contribution in [-0.2, 0) is 4.79 Å². The lowest BCUT2D eigenvalue weighted by Gasteiger charge is -2.24. The molecular formula is C18H18N2O4S. The van der Waals surface area contributed by atoms with Gasteiger partial charge in [0.2, 0.25) is 12.7 Å². The number of hydrogen-bond donors (Lipinski definition) is 1. The van der Waals surface area contributed by atoms with E-state index >= 15 is 0 Å². The molecule has 2 aliphatic heterocycles. The van der Waals surface area contributed by atoms with E-state index in [-0.39, 0.29) is 31.2 Å². The highest BCUT2D eigenvalue weighted by molar-refractivity contribution is 7.10. The summed E-state index contributed by atoms with van der Waals surface area (Å²) >= 11 is 1.67. The zero-order valence-corrected chi connectivity index (χ0v) is 14.4. The minimum Gasteiger partial charge on any atom is -0.454 e. The summed E-state index contributed by atoms with van der Waals surface area (Å²) in [5.41, 5.74) is 0.452. The Bertz CT molecular complexity index is 790. The Balaban J connectivity index is 1.37. The molecule has 25 heavy (non-hydrogen) atoms. The first-order valence-corrected chi connectivity index (χ1v) is 9.11. The second-order valence-electron chi connectivity index (χ2n) is 6.01. The first kappa shape index (κ1) is 16.0. The van der Waals surface area contributed by atoms with E-state index in [0.717, 1.165) is 19.4 Å². The van der Waals surface area contributed by atoms with Crippen molar-refractivity contribution in [3.63, 3.8) is 0 Å². The molecule has 2 aromatic rings. The molecule has 0 bridgehead atoms. The maximum atomic E-state index is 12.5. The van der Waals surface area contributed by atoms with E-state index in [1.807, 2.05) is 16.3 Å². The van der Waals surface area contributed by atoms with Crippen LogP contribution in [0, 0.1) is 0 Å². The first-order valence-electron chi connectivity index (χ1n) is 8.23. The van der Waals surface area contributed by atoms with Crippen LogP contribution in [0.4, 0.5) is 0 Å². The van der Waals surface area contributed by atoms with Crippen LogP contribution >= 0.6 is 11.3 Å². The van der Waals surface area contributed by atoms with E-state index in [1.54, 1.807) is 29.5 Å². The van der Waals surface area contributed by atoms with Gasteiger partial charge in [0.25, 0.3) is 5.91 Å². The van der Waals surface area contributed by atoms with Crippen molar-refractivity contribution in [3.8, 4) is 11.5 Å². The predicted molar refractivity (Wildman–Crippen MR) is 92.9 cm³/mol. The second-order valence-corrected chi connectivity index (χ2v) is 6.99. The van der Waals surface area contributed by atoms with Gasteiger partial charge in [-0.2, -0.15) is 0 Å². The molecule has 2 aliphatic rings. The Morgan fingerprint density at radius 3 is 2.96 bits per heavy atom. The molecule has 0 radical (unpaired) electrons. The number of benzene rings is 1. The smallest absolute Gasteiger partial charge is 0.251 e. The fourth-order valence-electron chi connectivity index (χ4n) is 3.24. The molecule has 1 atom stereocenters. The van der Waals surface area contributed by atoms with Crippen LogP contribution in [0.15, 0.2) is 35.7 Å². The number of carbonyl (C=O) groups excluding carboxylic acids is 2. The van der Waals surface area contributed by atoms with Crippen LogP contribution in [0.1, 0.15) is 34.1 Å². The lowest BCUT2D eigenvalue weighted by Crippen LogP contribution is -2.39. The highest BCUT2D eigenvalue weighted by Gasteiger charge is 2.30. The Kier molecular flexibility index (Phi) is 4.31. The third kappa shape index (κ3) is 3.19. The van der Waals surface area contributed by atoms with E-state index in [0.29, 0.717) is 17.1 Å². The predicted octanol–water partition coefficient (Wildman–Crippen LogP) is 2.57. The third-order valence-electron chi connectivity index (χ3n) is 4.48. The minimum atomic E-state index is -0.293. The zero-order chi connectivity index (χ0) is 17.2. The molecule has 0 spiro atoms. The molecule has 3 heterocycles. The fourth-order valence-corrected chi connectivity index (χ4v) is 4.11. The lowest BCUT2D eigenvalue weighted by atomic mass is 10.2. The Morgan fingerprint density at radius 1 is 1.24 bits per heavy atom. The number of fused-ring (bicyclic) bond motifs is 1. The van der Waals surface area contributed by atoms with E-state index in [2.05, 4.69) is 11.4 Å². The van der Waals surface area contributed by atoms with Gasteiger partial charge in [0.1, 0.15) is 0 Å². The summed E-state index contributed by atoms with van der Waals surface area (Å²) in [6.07, 6.45) is 1.97. The highest BCUT2D eigenvalue weighted by Crippen LogP contribution is 2.34. The molecule has 1 N–H and O–H groups in total. The van der Waals surface area contributed by atoms with Gasteiger partial charge in [-0.15, -0.1) is 11.3 Å². The molecule has 1 fully saturated rings. The van der Waals surface area contributed by atoms with Gasteiger partial charge in [0.15, 0.2) is 11.5 Å². The normalized spacial score (nSPS) is 18.4. The molecule has 2 amide bonds. The number of thiophene rings is 1. The summed E-state index contributed by atoms with van der Waals surface area (Å²) in [5.74, 6) is 0.836. The van der Waals surface area contributed by atoms with Gasteiger partial charge in [0, 0.05) is 17.0 Å². The lowest BCUT2D eigenvalue weighted by molar-refractivity contribution is -0.131. The summed E-state index contributed by atoms with van der Waals surface area (Å²) in [6, 6.07) is 9.19. The molecular weight excluding hydrogens is 340 g/mol. The summed E-state index contributed by atoms with van der Waals surface area (Å²) in [7, 11) is 0. The van der Waals surface area contributed by atoms with Crippen LogP contribution in [0.25, 0.3) is 0 Å². The standard InChI is InChI=1S/C18H18N2O4S/c21-17(20-7-1-3-13(20)16-4-2-8-25-16)10-19-18(22)12-5-6-14-15(9-12)24-11-23-14/h2,4-6,8-9,13H,1,3,7,10-11H2,(H,19,22). The first-order chi connectivity index (χ1) is 12.2. The molecule has 0 aliphatic carbocycles. The van der Waals surface area contributed by atoms with Gasteiger partial charge < -0.3 is 19.7 Å². The quantitative estimate of drug-likeness (QED) is 0.912. The van der Waals surface area contributed by atoms with E-state index in [1.165, 1.54) is 4.88 Å². The largest absolute Gasteiger partial charge is 0.454 e. The van der Waals surface area contributed by atoms with Gasteiger partial charge in [-0.3, -0.25) is 9.59 Å². The number of nitrogens with zero attached hydrogens (tertiary/aromatic N) is 1. The monoisotopic (exact) mass is 358 g/mol. The van der Waals surface area contributed by atoms with Crippen molar-refractivity contribution in [2.24, 2.45) is 0 Å². The van der Waals surface area contributed by atoms with E-state index in [4.69, 9.17) is 9.47 Å². The average molecular weight is 358 g/mol. The SMILES string of the molecule is O=C(NCC(=O)N1CCCC1c1cccs1)c1ccc2c(c1)OCO2. The van der Waals surface area contributed by atoms with Crippen molar-refractivity contribution < 1.29 is 19.1 Å². The maximum absolute atomic E-state index is 12.5. The topological polar surface area (TPSA) is 67.9 Å². The number of hydrogen-bond acceptors (Lipinski definition) is 5. The molecule has 130 valence electrons. The molecule has 1 aromatic carbocycles. The van der Waals surface area contributed by atoms with Gasteiger partial charge in [-0.1, -0.05) is 6.07 Å². The Hall–Kier alpha value is -2.54. The summed E-state index contributed by atoms with van der Waals surface area (Å²) in [4.78, 5) is 27.9. The summed E-state index contributed by atoms with van der Waals surface area (Å²) in [5, 5.41) is 4.74. The van der Waals surface area contributed by atoms with Crippen molar-refractivity contribution in [2.75, 3.05) is 19.9 Å². The zero-order valence-electron chi connectivity index (χ0n) is 13.6. The number of carbonyl (C=O) groups is 2. The number of ether oxygens (including phenoxy) is 2. The Morgan fingerprint density at radius 2 is 2.12 bits per heavy atom. The van der Waals surface area contributed by atoms with Crippen LogP contribution in [-0.4, -0.2) is 36.6 Å². The van der Waals surface area contributed by atoms with Crippen molar-refractivity contribution >= 4 is 23.2 Å². The van der Waals surface area contributed by atoms with Crippen LogP contribution in [0.2, 0.25) is 0 Å². The maximum Gasteiger partial charge on any atom is 0.251 e. The van der Waals surface area contributed by atoms with Crippen LogP contribution < -0.4 is 14.8 Å². The summed E-state index contributed by atoms with van der Waals surface area (Å²) in [6.45, 7) is 0.897. The summed E-state index contributed by atoms with van der Waals surface area (Å²) < 4.78 is 10.5. The van der Waals surface area contributed by atoms with Gasteiger partial charge >= 0.3 is 0 Å². The van der Waals surface area contributed by atoms with Crippen molar-refractivity contribution in [2.45, 2.75) is 18.9 Å². The fraction of sp³-hybridized carbons (Fsp3) is 0.333. The number of amides is 2. The van der Waals surface area contributed by atoms with Crippen molar-refractivity contribution in [3.05, 3.63) is 46.2 Å². The molecule has 7 heteroatoms. The third-order valence-corrected chi connectivity index (χ3v) is 5.45. The second kappa shape index (κ2) is 6.76. The van der Waals surface area contributed by atoms with Gasteiger partial charge in [-0.25, -0.2) is 0 Å². The molecule has 1 aromatic heterocycles. The van der Waals surface area contributed by atoms with Crippen molar-refractivity contribution in [1.82, 2.24) is 10.2 Å². The van der Waals surface area contributed by atoms with Gasteiger partial charge in [0.05, 0.1) is 12.6 Å². The number of rotatable bonds is 4. The van der Waals surface area contributed by atoms with Crippen LogP contribution in [0.5, 0.6) is 11.5 Å². The van der Waals surface area contributed by atoms with Gasteiger partial charge in [-0.05, 0) is 42.5 Å². The van der Waals surface area contributed by atoms with E-state index < -0.39 is 0 Å². The minimum absolute atomic E-state index is 0.00481. The molecule has 1 saturated heterocycles. The molecule has 4 rings (SSSR count). The van der Waals surface area contributed by atoms with E-state index in [9.17, 15) is 9.59 Å². The molecule has 1 unspecified atom stereocenters. The molecule has 6 nitrogen and oxygen atoms in total.